The van der Waals surface area contributed by atoms with Crippen LogP contribution in [0.3, 0.4) is 0 Å². The molecule has 2 aromatic carbocycles. The number of benzene rings is 2. The van der Waals surface area contributed by atoms with E-state index in [2.05, 4.69) is 32.1 Å². The lowest BCUT2D eigenvalue weighted by Crippen LogP contribution is -2.35. The Morgan fingerprint density at radius 1 is 1.02 bits per heavy atom. The number of carbonyl (C=O) groups excluding carboxylic acids is 1. The van der Waals surface area contributed by atoms with Crippen LogP contribution in [0.15, 0.2) is 42.5 Å². The summed E-state index contributed by atoms with van der Waals surface area (Å²) >= 11 is 6.64. The van der Waals surface area contributed by atoms with Gasteiger partial charge in [-0.25, -0.2) is 30.6 Å². The minimum absolute atomic E-state index is 0.0392. The van der Waals surface area contributed by atoms with Crippen molar-refractivity contribution in [2.75, 3.05) is 10.5 Å². The highest BCUT2D eigenvalue weighted by atomic mass is 35.5. The molecule has 0 saturated heterocycles. The number of hydrogen-bond donors (Lipinski definition) is 2. The molecule has 63 heavy (non-hydrogen) atoms. The first kappa shape index (κ1) is 44.4. The summed E-state index contributed by atoms with van der Waals surface area (Å²) in [7, 11) is -6.10. The van der Waals surface area contributed by atoms with Gasteiger partial charge in [-0.05, 0) is 94.2 Å². The number of sulfonamides is 1. The topological polar surface area (TPSA) is 158 Å². The highest BCUT2D eigenvalue weighted by Gasteiger charge is 2.68. The lowest BCUT2D eigenvalue weighted by atomic mass is 9.93. The molecule has 2 saturated carbocycles. The Kier molecular flexibility index (Phi) is 10.7. The molecule has 12 nitrogen and oxygen atoms in total. The molecule has 0 unspecified atom stereocenters. The van der Waals surface area contributed by atoms with Crippen molar-refractivity contribution in [1.29, 1.82) is 0 Å². The van der Waals surface area contributed by atoms with E-state index in [0.717, 1.165) is 12.1 Å². The SMILES string of the molecule is CCS(=O)(=O)Nc1nn(C)c2c(-c3ccc(C#CC(C)(C)S(=O)(=O)C4CC4)nc3[C@H](Cc3cc(F)cc(F)c3)NC(=O)Cn3nc(C(F)(F)F)c4c3C(F)(F)[C@@H]3C[C@H]43)ccc(Cl)c12. The first-order valence-corrected chi connectivity index (χ1v) is 23.1. The summed E-state index contributed by atoms with van der Waals surface area (Å²) in [6.07, 6.45) is -4.77. The number of fused-ring (bicyclic) bond motifs is 4. The molecule has 8 rings (SSSR count). The number of carbonyl (C=O) groups is 1. The van der Waals surface area contributed by atoms with Gasteiger partial charge in [0.05, 0.1) is 38.7 Å². The molecule has 3 heterocycles. The number of pyridine rings is 1. The Hall–Kier alpha value is -5.20. The van der Waals surface area contributed by atoms with Gasteiger partial charge in [0.1, 0.15) is 34.3 Å². The zero-order valence-electron chi connectivity index (χ0n) is 33.7. The first-order chi connectivity index (χ1) is 29.3. The first-order valence-electron chi connectivity index (χ1n) is 19.6. The number of rotatable bonds is 12. The molecule has 0 bridgehead atoms. The van der Waals surface area contributed by atoms with Gasteiger partial charge in [0.2, 0.25) is 15.9 Å². The van der Waals surface area contributed by atoms with Crippen LogP contribution in [0.2, 0.25) is 5.02 Å². The maximum atomic E-state index is 15.5. The standard InChI is InChI=1S/C41H37ClF7N7O5S2/c1-5-62(58,59)54-38-33-29(42)11-10-26(35(33)55(4)53-38)25-9-6-23(12-13-39(2,3)63(60,61)24-7-8-24)50-34(25)30(16-20-14-21(43)17-22(44)15-20)51-31(57)19-56-37-32(36(52-56)41(47,48)49)27-18-28(27)40(37,45)46/h6,9-11,14-15,17,24,27-28,30H,5,7-8,16,18-19H2,1-4H3,(H,51,57)(H,53,54)/t27-,28+,30-/m0/s1. The normalized spacial score (nSPS) is 18.7. The summed E-state index contributed by atoms with van der Waals surface area (Å²) in [5, 5.41) is 10.1. The smallest absolute Gasteiger partial charge is 0.346 e. The molecule has 3 atom stereocenters. The molecule has 3 aliphatic carbocycles. The van der Waals surface area contributed by atoms with Crippen LogP contribution in [0.5, 0.6) is 0 Å². The van der Waals surface area contributed by atoms with Gasteiger partial charge in [0.25, 0.3) is 5.92 Å². The van der Waals surface area contributed by atoms with E-state index in [1.165, 1.54) is 56.8 Å². The van der Waals surface area contributed by atoms with Gasteiger partial charge in [-0.1, -0.05) is 23.6 Å². The summed E-state index contributed by atoms with van der Waals surface area (Å²) in [5.74, 6) is -4.18. The number of alkyl halides is 5. The van der Waals surface area contributed by atoms with Gasteiger partial charge < -0.3 is 5.32 Å². The fraction of sp³-hybridized carbons (Fsp3) is 0.415. The van der Waals surface area contributed by atoms with E-state index in [0.29, 0.717) is 23.6 Å². The average molecular weight is 940 g/mol. The molecule has 0 aliphatic heterocycles. The second kappa shape index (κ2) is 15.2. The zero-order valence-corrected chi connectivity index (χ0v) is 36.1. The third-order valence-corrected chi connectivity index (χ3v) is 15.9. The van der Waals surface area contributed by atoms with Crippen molar-refractivity contribution in [2.24, 2.45) is 13.0 Å². The van der Waals surface area contributed by atoms with Gasteiger partial charge in [-0.2, -0.15) is 32.1 Å². The number of aromatic nitrogens is 5. The summed E-state index contributed by atoms with van der Waals surface area (Å²) in [5.41, 5.74) is -2.69. The van der Waals surface area contributed by atoms with Crippen molar-refractivity contribution in [3.05, 3.63) is 93.0 Å². The van der Waals surface area contributed by atoms with E-state index >= 15 is 8.78 Å². The lowest BCUT2D eigenvalue weighted by Gasteiger charge is -2.23. The van der Waals surface area contributed by atoms with Crippen LogP contribution in [0.4, 0.5) is 36.6 Å². The molecule has 3 aliphatic rings. The number of halogens is 8. The van der Waals surface area contributed by atoms with Crippen molar-refractivity contribution in [3.8, 4) is 23.0 Å². The van der Waals surface area contributed by atoms with Gasteiger partial charge in [-0.3, -0.25) is 18.9 Å². The number of nitrogens with zero attached hydrogens (tertiary/aromatic N) is 5. The van der Waals surface area contributed by atoms with Gasteiger partial charge in [0.15, 0.2) is 21.3 Å². The van der Waals surface area contributed by atoms with Gasteiger partial charge in [-0.15, -0.1) is 0 Å². The van der Waals surface area contributed by atoms with E-state index in [4.69, 9.17) is 16.6 Å². The molecule has 22 heteroatoms. The number of anilines is 1. The number of hydrogen-bond acceptors (Lipinski definition) is 8. The summed E-state index contributed by atoms with van der Waals surface area (Å²) < 4.78 is 157. The predicted molar refractivity (Wildman–Crippen MR) is 218 cm³/mol. The predicted octanol–water partition coefficient (Wildman–Crippen LogP) is 7.56. The lowest BCUT2D eigenvalue weighted by molar-refractivity contribution is -0.142. The summed E-state index contributed by atoms with van der Waals surface area (Å²) in [6.45, 7) is 3.15. The minimum Gasteiger partial charge on any atom is -0.346 e. The maximum Gasteiger partial charge on any atom is 0.435 e. The fourth-order valence-corrected chi connectivity index (χ4v) is 10.8. The average Bonchev–Trinajstić information content (AvgIpc) is 4.11. The van der Waals surface area contributed by atoms with Crippen LogP contribution >= 0.6 is 11.6 Å². The third-order valence-electron chi connectivity index (χ3n) is 11.5. The highest BCUT2D eigenvalue weighted by molar-refractivity contribution is 7.94. The fourth-order valence-electron chi connectivity index (χ4n) is 8.15. The van der Waals surface area contributed by atoms with E-state index < -0.39 is 107 Å². The maximum absolute atomic E-state index is 15.5. The van der Waals surface area contributed by atoms with Gasteiger partial charge >= 0.3 is 6.18 Å². The number of amides is 1. The highest BCUT2D eigenvalue weighted by Crippen LogP contribution is 2.68. The third kappa shape index (κ3) is 8.14. The van der Waals surface area contributed by atoms with Crippen LogP contribution in [-0.2, 0) is 56.8 Å². The van der Waals surface area contributed by atoms with E-state index in [1.54, 1.807) is 0 Å². The molecular weight excluding hydrogens is 903 g/mol. The Bertz CT molecular complexity index is 3010. The van der Waals surface area contributed by atoms with E-state index in [9.17, 15) is 43.6 Å². The molecule has 2 fully saturated rings. The van der Waals surface area contributed by atoms with Crippen LogP contribution in [0.1, 0.15) is 85.9 Å². The molecule has 1 amide bonds. The number of sulfone groups is 1. The molecule has 2 N–H and O–H groups in total. The minimum atomic E-state index is -5.11. The zero-order chi connectivity index (χ0) is 45.8. The molecule has 5 aromatic rings. The number of nitrogens with one attached hydrogen (secondary N) is 2. The van der Waals surface area contributed by atoms with E-state index in [-0.39, 0.29) is 62.0 Å². The Labute approximate surface area is 361 Å². The van der Waals surface area contributed by atoms with Crippen LogP contribution in [0, 0.1) is 29.4 Å². The molecular formula is C41H37ClF7N7O5S2. The molecule has 0 spiro atoms. The molecule has 334 valence electrons. The Balaban J connectivity index is 1.29. The van der Waals surface area contributed by atoms with Crippen LogP contribution < -0.4 is 10.0 Å². The monoisotopic (exact) mass is 939 g/mol. The second-order valence-electron chi connectivity index (χ2n) is 16.4. The summed E-state index contributed by atoms with van der Waals surface area (Å²) in [4.78, 5) is 18.8. The Morgan fingerprint density at radius 3 is 2.32 bits per heavy atom. The van der Waals surface area contributed by atoms with Crippen molar-refractivity contribution in [1.82, 2.24) is 29.9 Å². The Morgan fingerprint density at radius 2 is 1.68 bits per heavy atom. The largest absolute Gasteiger partial charge is 0.435 e. The summed E-state index contributed by atoms with van der Waals surface area (Å²) in [6, 6.07) is 6.96. The quantitative estimate of drug-likeness (QED) is 0.0959. The van der Waals surface area contributed by atoms with Crippen molar-refractivity contribution >= 4 is 54.1 Å². The van der Waals surface area contributed by atoms with Gasteiger partial charge in [0, 0.05) is 35.7 Å². The van der Waals surface area contributed by atoms with Crippen molar-refractivity contribution < 1.29 is 52.4 Å². The van der Waals surface area contributed by atoms with Crippen LogP contribution in [-0.4, -0.2) is 63.0 Å². The molecule has 3 aromatic heterocycles. The second-order valence-corrected chi connectivity index (χ2v) is 21.6. The molecule has 0 radical (unpaired) electrons. The van der Waals surface area contributed by atoms with Crippen molar-refractivity contribution in [3.63, 3.8) is 0 Å². The van der Waals surface area contributed by atoms with Crippen LogP contribution in [0.25, 0.3) is 22.0 Å². The number of aryl methyl sites for hydroxylation is 1. The van der Waals surface area contributed by atoms with Crippen molar-refractivity contribution in [2.45, 2.75) is 87.1 Å². The van der Waals surface area contributed by atoms with E-state index in [1.807, 2.05) is 0 Å².